The third kappa shape index (κ3) is 4.51. The van der Waals surface area contributed by atoms with Crippen LogP contribution in [0.15, 0.2) is 73.0 Å². The van der Waals surface area contributed by atoms with E-state index in [1.54, 1.807) is 21.5 Å². The largest absolute Gasteiger partial charge is 0.354 e. The highest BCUT2D eigenvalue weighted by Crippen LogP contribution is 2.32. The second-order valence-corrected chi connectivity index (χ2v) is 9.95. The van der Waals surface area contributed by atoms with Crippen LogP contribution >= 0.6 is 0 Å². The van der Waals surface area contributed by atoms with Crippen molar-refractivity contribution in [2.75, 3.05) is 37.6 Å². The standard InChI is InChI=1S/C29H28N8O/c1-20-3-4-21(11-27(20)38)17-35-7-9-36(10-8-35)28-6-5-22(14-31-28)26-12-23(25-16-32-34(2)18-25)19-37-29(26)24(13-30)15-33-37/h3-6,11-12,14-16,18-20H,7-10,17H2,1-2H3. The lowest BCUT2D eigenvalue weighted by molar-refractivity contribution is -0.116. The number of anilines is 1. The van der Waals surface area contributed by atoms with Gasteiger partial charge in [-0.25, -0.2) is 9.50 Å². The molecule has 0 saturated carbocycles. The number of rotatable bonds is 5. The quantitative estimate of drug-likeness (QED) is 0.411. The van der Waals surface area contributed by atoms with E-state index in [-0.39, 0.29) is 11.7 Å². The maximum absolute atomic E-state index is 12.0. The monoisotopic (exact) mass is 504 g/mol. The molecule has 2 aliphatic rings. The number of ketones is 1. The van der Waals surface area contributed by atoms with E-state index in [1.165, 1.54) is 0 Å². The topological polar surface area (TPSA) is 95.3 Å². The SMILES string of the molecule is CC1C=CC(CN2CCN(c3ccc(-c4cc(-c5cnn(C)c5)cn5ncc(C#N)c45)cn3)CC2)=CC1=O. The van der Waals surface area contributed by atoms with Crippen molar-refractivity contribution in [3.05, 3.63) is 78.5 Å². The molecule has 0 amide bonds. The average molecular weight is 505 g/mol. The highest BCUT2D eigenvalue weighted by Gasteiger charge is 2.21. The van der Waals surface area contributed by atoms with E-state index < -0.39 is 0 Å². The molecule has 9 nitrogen and oxygen atoms in total. The van der Waals surface area contributed by atoms with Crippen molar-refractivity contribution in [1.29, 1.82) is 5.26 Å². The van der Waals surface area contributed by atoms with Gasteiger partial charge in [-0.3, -0.25) is 14.4 Å². The molecule has 1 aliphatic carbocycles. The van der Waals surface area contributed by atoms with E-state index in [2.05, 4.69) is 44.3 Å². The molecule has 9 heteroatoms. The molecule has 0 radical (unpaired) electrons. The van der Waals surface area contributed by atoms with Gasteiger partial charge in [0.25, 0.3) is 0 Å². The van der Waals surface area contributed by atoms with Gasteiger partial charge in [-0.2, -0.15) is 15.5 Å². The van der Waals surface area contributed by atoms with Crippen LogP contribution in [-0.2, 0) is 11.8 Å². The molecule has 1 unspecified atom stereocenters. The number of carbonyl (C=O) groups excluding carboxylic acids is 1. The Bertz CT molecular complexity index is 1610. The second-order valence-electron chi connectivity index (χ2n) is 9.95. The predicted molar refractivity (Wildman–Crippen MR) is 145 cm³/mol. The molecule has 1 aliphatic heterocycles. The van der Waals surface area contributed by atoms with Gasteiger partial charge in [0.15, 0.2) is 5.78 Å². The highest BCUT2D eigenvalue weighted by molar-refractivity contribution is 5.95. The zero-order valence-electron chi connectivity index (χ0n) is 21.4. The summed E-state index contributed by atoms with van der Waals surface area (Å²) < 4.78 is 3.52. The Kier molecular flexibility index (Phi) is 6.10. The van der Waals surface area contributed by atoms with E-state index in [9.17, 15) is 10.1 Å². The van der Waals surface area contributed by atoms with Crippen LogP contribution in [0, 0.1) is 17.2 Å². The van der Waals surface area contributed by atoms with Gasteiger partial charge in [0.05, 0.1) is 23.5 Å². The first-order chi connectivity index (χ1) is 18.5. The van der Waals surface area contributed by atoms with Gasteiger partial charge < -0.3 is 4.90 Å². The molecule has 0 N–H and O–H groups in total. The van der Waals surface area contributed by atoms with E-state index in [1.807, 2.05) is 50.9 Å². The lowest BCUT2D eigenvalue weighted by Gasteiger charge is -2.35. The molecule has 4 aromatic rings. The number of nitriles is 1. The molecular weight excluding hydrogens is 476 g/mol. The summed E-state index contributed by atoms with van der Waals surface area (Å²) in [7, 11) is 1.89. The van der Waals surface area contributed by atoms with Crippen LogP contribution in [0.4, 0.5) is 5.82 Å². The second kappa shape index (κ2) is 9.72. The number of allylic oxidation sites excluding steroid dienone is 2. The van der Waals surface area contributed by atoms with Gasteiger partial charge in [-0.15, -0.1) is 0 Å². The summed E-state index contributed by atoms with van der Waals surface area (Å²) in [6.45, 7) is 6.29. The smallest absolute Gasteiger partial charge is 0.162 e. The van der Waals surface area contributed by atoms with Crippen molar-refractivity contribution in [2.45, 2.75) is 6.92 Å². The fraction of sp³-hybridized carbons (Fsp3) is 0.276. The van der Waals surface area contributed by atoms with Gasteiger partial charge in [0.1, 0.15) is 11.9 Å². The maximum Gasteiger partial charge on any atom is 0.162 e. The number of hydrogen-bond donors (Lipinski definition) is 0. The van der Waals surface area contributed by atoms with Crippen molar-refractivity contribution >= 4 is 17.1 Å². The summed E-state index contributed by atoms with van der Waals surface area (Å²) >= 11 is 0. The number of fused-ring (bicyclic) bond motifs is 1. The van der Waals surface area contributed by atoms with Gasteiger partial charge in [-0.1, -0.05) is 19.1 Å². The number of hydrogen-bond acceptors (Lipinski definition) is 7. The first-order valence-corrected chi connectivity index (χ1v) is 12.8. The lowest BCUT2D eigenvalue weighted by Crippen LogP contribution is -2.47. The van der Waals surface area contributed by atoms with Crippen LogP contribution in [0.3, 0.4) is 0 Å². The molecular formula is C29H28N8O. The summed E-state index contributed by atoms with van der Waals surface area (Å²) in [5, 5.41) is 18.4. The fourth-order valence-electron chi connectivity index (χ4n) is 5.10. The van der Waals surface area contributed by atoms with Crippen molar-refractivity contribution in [2.24, 2.45) is 13.0 Å². The van der Waals surface area contributed by atoms with Gasteiger partial charge in [0.2, 0.25) is 0 Å². The number of aromatic nitrogens is 5. The average Bonchev–Trinajstić information content (AvgIpc) is 3.57. The molecule has 4 aromatic heterocycles. The Morgan fingerprint density at radius 2 is 1.87 bits per heavy atom. The summed E-state index contributed by atoms with van der Waals surface area (Å²) in [6.07, 6.45) is 15.0. The van der Waals surface area contributed by atoms with E-state index in [0.29, 0.717) is 5.56 Å². The summed E-state index contributed by atoms with van der Waals surface area (Å²) in [4.78, 5) is 21.5. The molecule has 0 bridgehead atoms. The molecule has 5 heterocycles. The first-order valence-electron chi connectivity index (χ1n) is 12.8. The maximum atomic E-state index is 12.0. The van der Waals surface area contributed by atoms with Gasteiger partial charge in [-0.05, 0) is 29.8 Å². The van der Waals surface area contributed by atoms with Crippen LogP contribution in [0.25, 0.3) is 27.8 Å². The molecule has 0 aromatic carbocycles. The number of nitrogens with zero attached hydrogens (tertiary/aromatic N) is 8. The molecule has 1 saturated heterocycles. The fourth-order valence-corrected chi connectivity index (χ4v) is 5.10. The Hall–Kier alpha value is -4.55. The molecule has 38 heavy (non-hydrogen) atoms. The third-order valence-corrected chi connectivity index (χ3v) is 7.31. The number of piperazine rings is 1. The molecule has 0 spiro atoms. The van der Waals surface area contributed by atoms with Gasteiger partial charge in [0, 0.05) is 86.5 Å². The minimum Gasteiger partial charge on any atom is -0.354 e. The molecule has 6 rings (SSSR count). The molecule has 1 atom stereocenters. The van der Waals surface area contributed by atoms with Crippen LogP contribution in [0.2, 0.25) is 0 Å². The van der Waals surface area contributed by atoms with E-state index in [4.69, 9.17) is 4.98 Å². The van der Waals surface area contributed by atoms with E-state index in [0.717, 1.165) is 71.9 Å². The van der Waals surface area contributed by atoms with Crippen molar-refractivity contribution in [3.63, 3.8) is 0 Å². The van der Waals surface area contributed by atoms with Crippen LogP contribution in [-0.4, -0.2) is 67.8 Å². The summed E-state index contributed by atoms with van der Waals surface area (Å²) in [5.41, 5.74) is 6.15. The molecule has 1 fully saturated rings. The van der Waals surface area contributed by atoms with Crippen LogP contribution in [0.1, 0.15) is 12.5 Å². The van der Waals surface area contributed by atoms with Crippen LogP contribution < -0.4 is 4.90 Å². The van der Waals surface area contributed by atoms with Crippen molar-refractivity contribution in [3.8, 4) is 28.3 Å². The zero-order chi connectivity index (χ0) is 26.2. The minimum absolute atomic E-state index is 0.0148. The predicted octanol–water partition coefficient (Wildman–Crippen LogP) is 3.49. The Morgan fingerprint density at radius 1 is 1.03 bits per heavy atom. The summed E-state index contributed by atoms with van der Waals surface area (Å²) in [6, 6.07) is 8.45. The third-order valence-electron chi connectivity index (χ3n) is 7.31. The minimum atomic E-state index is -0.0148. The van der Waals surface area contributed by atoms with Gasteiger partial charge >= 0.3 is 0 Å². The number of pyridine rings is 2. The highest BCUT2D eigenvalue weighted by atomic mass is 16.1. The Balaban J connectivity index is 1.21. The zero-order valence-corrected chi connectivity index (χ0v) is 21.4. The number of carbonyl (C=O) groups is 1. The van der Waals surface area contributed by atoms with Crippen molar-refractivity contribution in [1.82, 2.24) is 29.3 Å². The van der Waals surface area contributed by atoms with Crippen LogP contribution in [0.5, 0.6) is 0 Å². The normalized spacial score (nSPS) is 18.1. The molecule has 190 valence electrons. The Labute approximate surface area is 220 Å². The van der Waals surface area contributed by atoms with Crippen molar-refractivity contribution < 1.29 is 4.79 Å². The van der Waals surface area contributed by atoms with E-state index >= 15 is 0 Å². The number of aryl methyl sites for hydroxylation is 1. The Morgan fingerprint density at radius 3 is 2.55 bits per heavy atom. The summed E-state index contributed by atoms with van der Waals surface area (Å²) in [5.74, 6) is 1.10. The first kappa shape index (κ1) is 23.8. The lowest BCUT2D eigenvalue weighted by atomic mass is 9.97.